The first-order valence-electron chi connectivity index (χ1n) is 6.30. The highest BCUT2D eigenvalue weighted by molar-refractivity contribution is 6.31. The smallest absolute Gasteiger partial charge is 0.0726 e. The molecule has 1 heterocycles. The van der Waals surface area contributed by atoms with Crippen LogP contribution >= 0.6 is 11.6 Å². The predicted octanol–water partition coefficient (Wildman–Crippen LogP) is 3.56. The van der Waals surface area contributed by atoms with Crippen molar-refractivity contribution in [2.45, 2.75) is 44.9 Å². The van der Waals surface area contributed by atoms with Crippen molar-refractivity contribution >= 4 is 11.6 Å². The monoisotopic (exact) mass is 253 g/mol. The summed E-state index contributed by atoms with van der Waals surface area (Å²) in [6, 6.07) is 8.61. The van der Waals surface area contributed by atoms with Crippen LogP contribution in [0.4, 0.5) is 0 Å². The van der Waals surface area contributed by atoms with E-state index in [-0.39, 0.29) is 6.04 Å². The SMILES string of the molecule is CC(NC(C)C1CCCO1)c1ccccc1Cl. The zero-order valence-corrected chi connectivity index (χ0v) is 11.2. The molecule has 1 aromatic rings. The van der Waals surface area contributed by atoms with Crippen molar-refractivity contribution in [3.63, 3.8) is 0 Å². The molecule has 1 aromatic carbocycles. The lowest BCUT2D eigenvalue weighted by Gasteiger charge is -2.25. The van der Waals surface area contributed by atoms with Gasteiger partial charge in [-0.1, -0.05) is 29.8 Å². The Morgan fingerprint density at radius 1 is 1.35 bits per heavy atom. The lowest BCUT2D eigenvalue weighted by atomic mass is 10.0. The van der Waals surface area contributed by atoms with Gasteiger partial charge < -0.3 is 10.1 Å². The molecule has 0 spiro atoms. The Labute approximate surface area is 108 Å². The molecule has 1 aliphatic rings. The number of benzene rings is 1. The van der Waals surface area contributed by atoms with Gasteiger partial charge in [0.2, 0.25) is 0 Å². The molecule has 0 bridgehead atoms. The van der Waals surface area contributed by atoms with E-state index >= 15 is 0 Å². The van der Waals surface area contributed by atoms with Gasteiger partial charge in [-0.2, -0.15) is 0 Å². The Morgan fingerprint density at radius 2 is 2.12 bits per heavy atom. The lowest BCUT2D eigenvalue weighted by Crippen LogP contribution is -2.38. The summed E-state index contributed by atoms with van der Waals surface area (Å²) in [7, 11) is 0. The molecule has 3 atom stereocenters. The normalized spacial score (nSPS) is 23.6. The highest BCUT2D eigenvalue weighted by atomic mass is 35.5. The first-order valence-corrected chi connectivity index (χ1v) is 6.68. The molecule has 0 saturated carbocycles. The zero-order valence-electron chi connectivity index (χ0n) is 10.4. The van der Waals surface area contributed by atoms with Crippen molar-refractivity contribution < 1.29 is 4.74 Å². The quantitative estimate of drug-likeness (QED) is 0.886. The minimum atomic E-state index is 0.253. The van der Waals surface area contributed by atoms with Crippen LogP contribution in [0.15, 0.2) is 24.3 Å². The summed E-state index contributed by atoms with van der Waals surface area (Å²) in [5.74, 6) is 0. The standard InChI is InChI=1S/C14H20ClNO/c1-10(12-6-3-4-7-13(12)15)16-11(2)14-8-5-9-17-14/h3-4,6-7,10-11,14,16H,5,8-9H2,1-2H3. The molecule has 1 N–H and O–H groups in total. The molecule has 3 heteroatoms. The van der Waals surface area contributed by atoms with Crippen molar-refractivity contribution in [1.82, 2.24) is 5.32 Å². The topological polar surface area (TPSA) is 21.3 Å². The summed E-state index contributed by atoms with van der Waals surface area (Å²) < 4.78 is 5.69. The number of halogens is 1. The predicted molar refractivity (Wildman–Crippen MR) is 71.4 cm³/mol. The average Bonchev–Trinajstić information content (AvgIpc) is 2.82. The van der Waals surface area contributed by atoms with Gasteiger partial charge >= 0.3 is 0 Å². The van der Waals surface area contributed by atoms with E-state index in [4.69, 9.17) is 16.3 Å². The molecule has 1 aliphatic heterocycles. The molecule has 1 fully saturated rings. The summed E-state index contributed by atoms with van der Waals surface area (Å²) in [6.45, 7) is 5.23. The van der Waals surface area contributed by atoms with Crippen molar-refractivity contribution in [3.8, 4) is 0 Å². The van der Waals surface area contributed by atoms with Gasteiger partial charge in [0.1, 0.15) is 0 Å². The number of rotatable bonds is 4. The van der Waals surface area contributed by atoms with Crippen LogP contribution in [0, 0.1) is 0 Å². The molecule has 2 nitrogen and oxygen atoms in total. The minimum Gasteiger partial charge on any atom is -0.377 e. The molecule has 0 amide bonds. The van der Waals surface area contributed by atoms with Crippen LogP contribution < -0.4 is 5.32 Å². The second-order valence-corrected chi connectivity index (χ2v) is 5.16. The van der Waals surface area contributed by atoms with Crippen molar-refractivity contribution in [2.75, 3.05) is 6.61 Å². The summed E-state index contributed by atoms with van der Waals surface area (Å²) in [5, 5.41) is 4.40. The summed E-state index contributed by atoms with van der Waals surface area (Å²) in [4.78, 5) is 0. The average molecular weight is 254 g/mol. The van der Waals surface area contributed by atoms with Crippen LogP contribution in [0.2, 0.25) is 5.02 Å². The van der Waals surface area contributed by atoms with Crippen molar-refractivity contribution in [2.24, 2.45) is 0 Å². The van der Waals surface area contributed by atoms with Crippen LogP contribution in [0.25, 0.3) is 0 Å². The fraction of sp³-hybridized carbons (Fsp3) is 0.571. The third kappa shape index (κ3) is 3.21. The molecule has 3 unspecified atom stereocenters. The van der Waals surface area contributed by atoms with E-state index in [1.54, 1.807) is 0 Å². The molecule has 17 heavy (non-hydrogen) atoms. The Kier molecular flexibility index (Phi) is 4.43. The van der Waals surface area contributed by atoms with E-state index in [0.29, 0.717) is 12.1 Å². The maximum atomic E-state index is 6.19. The molecular weight excluding hydrogens is 234 g/mol. The van der Waals surface area contributed by atoms with Gasteiger partial charge in [-0.05, 0) is 38.3 Å². The maximum Gasteiger partial charge on any atom is 0.0726 e. The molecule has 1 saturated heterocycles. The number of hydrogen-bond donors (Lipinski definition) is 1. The zero-order chi connectivity index (χ0) is 12.3. The van der Waals surface area contributed by atoms with Gasteiger partial charge in [0.15, 0.2) is 0 Å². The highest BCUT2D eigenvalue weighted by Gasteiger charge is 2.23. The molecule has 94 valence electrons. The van der Waals surface area contributed by atoms with E-state index < -0.39 is 0 Å². The second kappa shape index (κ2) is 5.85. The molecule has 0 aromatic heterocycles. The van der Waals surface area contributed by atoms with Crippen LogP contribution in [-0.4, -0.2) is 18.8 Å². The Morgan fingerprint density at radius 3 is 2.76 bits per heavy atom. The molecular formula is C14H20ClNO. The molecule has 2 rings (SSSR count). The fourth-order valence-corrected chi connectivity index (χ4v) is 2.71. The molecule has 0 radical (unpaired) electrons. The van der Waals surface area contributed by atoms with Gasteiger partial charge in [0.25, 0.3) is 0 Å². The lowest BCUT2D eigenvalue weighted by molar-refractivity contribution is 0.0804. The third-order valence-electron chi connectivity index (χ3n) is 3.41. The van der Waals surface area contributed by atoms with Crippen LogP contribution in [0.1, 0.15) is 38.3 Å². The Balaban J connectivity index is 1.96. The van der Waals surface area contributed by atoms with E-state index in [9.17, 15) is 0 Å². The Hall–Kier alpha value is -0.570. The van der Waals surface area contributed by atoms with E-state index in [2.05, 4.69) is 25.2 Å². The third-order valence-corrected chi connectivity index (χ3v) is 3.75. The minimum absolute atomic E-state index is 0.253. The van der Waals surface area contributed by atoms with Gasteiger partial charge in [-0.15, -0.1) is 0 Å². The number of nitrogens with one attached hydrogen (secondary N) is 1. The van der Waals surface area contributed by atoms with Crippen LogP contribution in [0.3, 0.4) is 0 Å². The van der Waals surface area contributed by atoms with Crippen molar-refractivity contribution in [1.29, 1.82) is 0 Å². The van der Waals surface area contributed by atoms with Gasteiger partial charge in [-0.3, -0.25) is 0 Å². The molecule has 0 aliphatic carbocycles. The highest BCUT2D eigenvalue weighted by Crippen LogP contribution is 2.24. The van der Waals surface area contributed by atoms with Crippen LogP contribution in [-0.2, 0) is 4.74 Å². The van der Waals surface area contributed by atoms with Gasteiger partial charge in [-0.25, -0.2) is 0 Å². The first kappa shape index (κ1) is 12.9. The van der Waals surface area contributed by atoms with E-state index in [0.717, 1.165) is 23.6 Å². The largest absolute Gasteiger partial charge is 0.377 e. The first-order chi connectivity index (χ1) is 8.18. The second-order valence-electron chi connectivity index (χ2n) is 4.75. The van der Waals surface area contributed by atoms with Gasteiger partial charge in [0.05, 0.1) is 6.10 Å². The summed E-state index contributed by atoms with van der Waals surface area (Å²) >= 11 is 6.19. The summed E-state index contributed by atoms with van der Waals surface area (Å²) in [5.41, 5.74) is 1.15. The van der Waals surface area contributed by atoms with Crippen LogP contribution in [0.5, 0.6) is 0 Å². The number of hydrogen-bond acceptors (Lipinski definition) is 2. The number of ether oxygens (including phenoxy) is 1. The van der Waals surface area contributed by atoms with E-state index in [1.165, 1.54) is 6.42 Å². The van der Waals surface area contributed by atoms with Gasteiger partial charge in [0, 0.05) is 23.7 Å². The summed E-state index contributed by atoms with van der Waals surface area (Å²) in [6.07, 6.45) is 2.68. The maximum absolute atomic E-state index is 6.19. The Bertz CT molecular complexity index is 363. The van der Waals surface area contributed by atoms with E-state index in [1.807, 2.05) is 18.2 Å². The van der Waals surface area contributed by atoms with Crippen molar-refractivity contribution in [3.05, 3.63) is 34.9 Å². The fourth-order valence-electron chi connectivity index (χ4n) is 2.41.